The molecule has 0 saturated carbocycles. The molecule has 0 aromatic carbocycles. The number of nitrogens with zero attached hydrogens (tertiary/aromatic N) is 1. The number of rotatable bonds is 5. The minimum Gasteiger partial charge on any atom is -0.389 e. The quantitative estimate of drug-likeness (QED) is 0.782. The minimum atomic E-state index is -0.544. The Morgan fingerprint density at radius 3 is 2.47 bits per heavy atom. The molecule has 0 bridgehead atoms. The number of hydrogen-bond donors (Lipinski definition) is 1. The van der Waals surface area contributed by atoms with Crippen molar-refractivity contribution in [3.05, 3.63) is 23.9 Å². The van der Waals surface area contributed by atoms with Crippen molar-refractivity contribution in [1.82, 2.24) is 4.98 Å². The van der Waals surface area contributed by atoms with E-state index in [9.17, 15) is 5.11 Å². The van der Waals surface area contributed by atoms with Crippen molar-refractivity contribution in [3.63, 3.8) is 0 Å². The van der Waals surface area contributed by atoms with Crippen LogP contribution < -0.4 is 0 Å². The summed E-state index contributed by atoms with van der Waals surface area (Å²) in [4.78, 5) is 4.30. The molecule has 1 rings (SSSR count). The van der Waals surface area contributed by atoms with Crippen molar-refractivity contribution in [2.75, 3.05) is 5.75 Å². The zero-order valence-electron chi connectivity index (χ0n) is 9.66. The van der Waals surface area contributed by atoms with Gasteiger partial charge in [0.2, 0.25) is 0 Å². The fraction of sp³-hybridized carbons (Fsp3) is 0.583. The van der Waals surface area contributed by atoms with Gasteiger partial charge in [0.05, 0.1) is 10.6 Å². The Morgan fingerprint density at radius 1 is 1.33 bits per heavy atom. The zero-order chi connectivity index (χ0) is 11.3. The normalized spacial score (nSPS) is 11.7. The summed E-state index contributed by atoms with van der Waals surface area (Å²) in [7, 11) is 0. The predicted octanol–water partition coefficient (Wildman–Crippen LogP) is 3.03. The summed E-state index contributed by atoms with van der Waals surface area (Å²) < 4.78 is 0. The lowest BCUT2D eigenvalue weighted by molar-refractivity contribution is 0.0571. The van der Waals surface area contributed by atoms with Gasteiger partial charge in [-0.1, -0.05) is 19.9 Å². The summed E-state index contributed by atoms with van der Waals surface area (Å²) in [6.07, 6.45) is 3.45. The maximum absolute atomic E-state index is 10.1. The van der Waals surface area contributed by atoms with E-state index in [-0.39, 0.29) is 0 Å². The van der Waals surface area contributed by atoms with Crippen LogP contribution in [0.25, 0.3) is 0 Å². The highest BCUT2D eigenvalue weighted by molar-refractivity contribution is 7.99. The Balaban J connectivity index is 2.53. The van der Waals surface area contributed by atoms with Crippen LogP contribution in [0.4, 0.5) is 0 Å². The Hall–Kier alpha value is -0.540. The van der Waals surface area contributed by atoms with Gasteiger partial charge in [0, 0.05) is 11.9 Å². The molecule has 0 amide bonds. The molecular weight excluding hydrogens is 206 g/mol. The third kappa shape index (κ3) is 3.84. The van der Waals surface area contributed by atoms with E-state index in [2.05, 4.69) is 4.98 Å². The van der Waals surface area contributed by atoms with Crippen LogP contribution in [0, 0.1) is 6.92 Å². The van der Waals surface area contributed by atoms with E-state index >= 15 is 0 Å². The van der Waals surface area contributed by atoms with Crippen molar-refractivity contribution in [3.8, 4) is 0 Å². The molecule has 2 nitrogen and oxygen atoms in total. The molecule has 0 spiro atoms. The van der Waals surface area contributed by atoms with Crippen molar-refractivity contribution in [1.29, 1.82) is 0 Å². The van der Waals surface area contributed by atoms with Crippen LogP contribution in [0.2, 0.25) is 0 Å². The lowest BCUT2D eigenvalue weighted by Gasteiger charge is -2.24. The summed E-state index contributed by atoms with van der Waals surface area (Å²) in [5, 5.41) is 11.1. The van der Waals surface area contributed by atoms with E-state index in [0.717, 1.165) is 23.6 Å². The Bertz CT molecular complexity index is 293. The second-order valence-electron chi connectivity index (χ2n) is 3.89. The first-order chi connectivity index (χ1) is 7.09. The van der Waals surface area contributed by atoms with Crippen molar-refractivity contribution in [2.24, 2.45) is 0 Å². The predicted molar refractivity (Wildman–Crippen MR) is 65.2 cm³/mol. The van der Waals surface area contributed by atoms with Crippen LogP contribution in [0.3, 0.4) is 0 Å². The number of aromatic nitrogens is 1. The first-order valence-corrected chi connectivity index (χ1v) is 6.36. The number of hydrogen-bond acceptors (Lipinski definition) is 3. The second-order valence-corrected chi connectivity index (χ2v) is 4.89. The molecular formula is C12H19NOS. The molecule has 15 heavy (non-hydrogen) atoms. The number of aliphatic hydroxyl groups is 1. The van der Waals surface area contributed by atoms with Gasteiger partial charge in [0.25, 0.3) is 0 Å². The van der Waals surface area contributed by atoms with Crippen LogP contribution in [-0.4, -0.2) is 21.4 Å². The lowest BCUT2D eigenvalue weighted by Crippen LogP contribution is -2.29. The van der Waals surface area contributed by atoms with Crippen LogP contribution in [-0.2, 0) is 0 Å². The monoisotopic (exact) mass is 225 g/mol. The molecule has 1 heterocycles. The van der Waals surface area contributed by atoms with Crippen LogP contribution in [0.5, 0.6) is 0 Å². The summed E-state index contributed by atoms with van der Waals surface area (Å²) in [6, 6.07) is 4.05. The summed E-state index contributed by atoms with van der Waals surface area (Å²) in [5.74, 6) is 0.718. The van der Waals surface area contributed by atoms with E-state index in [1.165, 1.54) is 5.56 Å². The molecule has 0 radical (unpaired) electrons. The van der Waals surface area contributed by atoms with E-state index < -0.39 is 5.60 Å². The summed E-state index contributed by atoms with van der Waals surface area (Å²) in [6.45, 7) is 6.06. The Labute approximate surface area is 96.1 Å². The molecule has 0 atom stereocenters. The Morgan fingerprint density at radius 2 is 2.00 bits per heavy atom. The average molecular weight is 225 g/mol. The van der Waals surface area contributed by atoms with E-state index in [1.807, 2.05) is 39.1 Å². The van der Waals surface area contributed by atoms with Gasteiger partial charge in [-0.15, -0.1) is 11.8 Å². The van der Waals surface area contributed by atoms with Gasteiger partial charge in [-0.2, -0.15) is 0 Å². The molecule has 1 aromatic rings. The molecule has 0 saturated heterocycles. The standard InChI is InChI=1S/C12H19NOS/c1-4-12(14,5-2)9-15-11-7-6-10(3)8-13-11/h6-8,14H,4-5,9H2,1-3H3. The first-order valence-electron chi connectivity index (χ1n) is 5.37. The molecule has 1 aromatic heterocycles. The van der Waals surface area contributed by atoms with Crippen molar-refractivity contribution < 1.29 is 5.11 Å². The zero-order valence-corrected chi connectivity index (χ0v) is 10.5. The number of pyridine rings is 1. The summed E-state index contributed by atoms with van der Waals surface area (Å²) in [5.41, 5.74) is 0.623. The highest BCUT2D eigenvalue weighted by Gasteiger charge is 2.22. The SMILES string of the molecule is CCC(O)(CC)CSc1ccc(C)cn1. The topological polar surface area (TPSA) is 33.1 Å². The fourth-order valence-electron chi connectivity index (χ4n) is 1.20. The highest BCUT2D eigenvalue weighted by Crippen LogP contribution is 2.25. The van der Waals surface area contributed by atoms with Gasteiger partial charge in [-0.3, -0.25) is 0 Å². The first kappa shape index (κ1) is 12.5. The lowest BCUT2D eigenvalue weighted by atomic mass is 10.0. The molecule has 3 heteroatoms. The molecule has 0 aliphatic rings. The van der Waals surface area contributed by atoms with Gasteiger partial charge in [-0.05, 0) is 31.4 Å². The third-order valence-corrected chi connectivity index (χ3v) is 3.91. The van der Waals surface area contributed by atoms with E-state index in [1.54, 1.807) is 11.8 Å². The molecule has 0 fully saturated rings. The largest absolute Gasteiger partial charge is 0.389 e. The molecule has 0 unspecified atom stereocenters. The molecule has 1 N–H and O–H groups in total. The average Bonchev–Trinajstić information content (AvgIpc) is 2.28. The maximum Gasteiger partial charge on any atom is 0.0961 e. The van der Waals surface area contributed by atoms with E-state index in [4.69, 9.17) is 0 Å². The van der Waals surface area contributed by atoms with Gasteiger partial charge in [0.1, 0.15) is 0 Å². The number of thioether (sulfide) groups is 1. The van der Waals surface area contributed by atoms with Gasteiger partial charge in [-0.25, -0.2) is 4.98 Å². The van der Waals surface area contributed by atoms with Gasteiger partial charge in [0.15, 0.2) is 0 Å². The molecule has 0 aliphatic carbocycles. The third-order valence-electron chi connectivity index (χ3n) is 2.69. The minimum absolute atomic E-state index is 0.544. The van der Waals surface area contributed by atoms with Gasteiger partial charge >= 0.3 is 0 Å². The van der Waals surface area contributed by atoms with Crippen LogP contribution in [0.1, 0.15) is 32.3 Å². The fourth-order valence-corrected chi connectivity index (χ4v) is 2.32. The van der Waals surface area contributed by atoms with Gasteiger partial charge < -0.3 is 5.11 Å². The second kappa shape index (κ2) is 5.52. The van der Waals surface area contributed by atoms with Crippen LogP contribution >= 0.6 is 11.8 Å². The van der Waals surface area contributed by atoms with E-state index in [0.29, 0.717) is 0 Å². The smallest absolute Gasteiger partial charge is 0.0961 e. The maximum atomic E-state index is 10.1. The van der Waals surface area contributed by atoms with Crippen molar-refractivity contribution in [2.45, 2.75) is 44.2 Å². The summed E-state index contributed by atoms with van der Waals surface area (Å²) >= 11 is 1.62. The van der Waals surface area contributed by atoms with Crippen molar-refractivity contribution >= 4 is 11.8 Å². The Kier molecular flexibility index (Phi) is 4.61. The highest BCUT2D eigenvalue weighted by atomic mass is 32.2. The molecule has 84 valence electrons. The van der Waals surface area contributed by atoms with Crippen LogP contribution in [0.15, 0.2) is 23.4 Å². The number of aryl methyl sites for hydroxylation is 1. The molecule has 0 aliphatic heterocycles.